The molecule has 3 nitrogen and oxygen atoms in total. The van der Waals surface area contributed by atoms with E-state index in [-0.39, 0.29) is 5.41 Å². The molecule has 0 atom stereocenters. The molecule has 70 valence electrons. The second-order valence-corrected chi connectivity index (χ2v) is 3.86. The molecule has 0 unspecified atom stereocenters. The van der Waals surface area contributed by atoms with Crippen molar-refractivity contribution in [3.8, 4) is 0 Å². The van der Waals surface area contributed by atoms with E-state index in [1.54, 1.807) is 0 Å². The topological polar surface area (TPSA) is 51.8 Å². The van der Waals surface area contributed by atoms with Gasteiger partial charge in [-0.2, -0.15) is 0 Å². The quantitative estimate of drug-likeness (QED) is 0.754. The monoisotopic (exact) mass is 177 g/mol. The maximum atomic E-state index is 5.57. The molecule has 1 saturated carbocycles. The SMILES string of the molecule is Cc1cnc(C2(CCN)CC2)cn1. The van der Waals surface area contributed by atoms with Gasteiger partial charge in [0.15, 0.2) is 0 Å². The molecule has 1 fully saturated rings. The minimum absolute atomic E-state index is 0.287. The highest BCUT2D eigenvalue weighted by Gasteiger charge is 2.44. The first-order valence-electron chi connectivity index (χ1n) is 4.76. The lowest BCUT2D eigenvalue weighted by atomic mass is 9.99. The summed E-state index contributed by atoms with van der Waals surface area (Å²) in [4.78, 5) is 8.68. The van der Waals surface area contributed by atoms with Crippen LogP contribution in [-0.4, -0.2) is 16.5 Å². The number of hydrogen-bond donors (Lipinski definition) is 1. The van der Waals surface area contributed by atoms with Crippen LogP contribution in [0, 0.1) is 6.92 Å². The van der Waals surface area contributed by atoms with Gasteiger partial charge in [-0.25, -0.2) is 0 Å². The predicted octanol–water partition coefficient (Wildman–Crippen LogP) is 1.17. The third-order valence-corrected chi connectivity index (χ3v) is 2.80. The molecule has 1 heterocycles. The molecule has 0 radical (unpaired) electrons. The van der Waals surface area contributed by atoms with Crippen LogP contribution in [0.1, 0.15) is 30.7 Å². The smallest absolute Gasteiger partial charge is 0.0649 e. The first-order valence-corrected chi connectivity index (χ1v) is 4.76. The van der Waals surface area contributed by atoms with E-state index in [2.05, 4.69) is 9.97 Å². The Balaban J connectivity index is 2.20. The molecule has 2 N–H and O–H groups in total. The summed E-state index contributed by atoms with van der Waals surface area (Å²) in [6.45, 7) is 2.70. The normalized spacial score (nSPS) is 18.6. The molecule has 1 aromatic rings. The van der Waals surface area contributed by atoms with Gasteiger partial charge < -0.3 is 5.73 Å². The van der Waals surface area contributed by atoms with Crippen LogP contribution in [0.15, 0.2) is 12.4 Å². The summed E-state index contributed by atoms with van der Waals surface area (Å²) in [7, 11) is 0. The van der Waals surface area contributed by atoms with Crippen molar-refractivity contribution in [1.82, 2.24) is 9.97 Å². The van der Waals surface area contributed by atoms with E-state index < -0.39 is 0 Å². The molecule has 0 saturated heterocycles. The summed E-state index contributed by atoms with van der Waals surface area (Å²) in [5.74, 6) is 0. The van der Waals surface area contributed by atoms with E-state index in [4.69, 9.17) is 5.73 Å². The summed E-state index contributed by atoms with van der Waals surface area (Å²) < 4.78 is 0. The fraction of sp³-hybridized carbons (Fsp3) is 0.600. The van der Waals surface area contributed by atoms with Crippen LogP contribution in [0.25, 0.3) is 0 Å². The molecule has 0 aromatic carbocycles. The molecule has 0 bridgehead atoms. The number of nitrogens with two attached hydrogens (primary N) is 1. The molecular formula is C10H15N3. The van der Waals surface area contributed by atoms with Gasteiger partial charge in [-0.1, -0.05) is 0 Å². The van der Waals surface area contributed by atoms with E-state index >= 15 is 0 Å². The van der Waals surface area contributed by atoms with Gasteiger partial charge in [-0.15, -0.1) is 0 Å². The zero-order valence-electron chi connectivity index (χ0n) is 7.95. The summed E-state index contributed by atoms with van der Waals surface area (Å²) in [5.41, 5.74) is 7.97. The van der Waals surface area contributed by atoms with Crippen LogP contribution in [0.2, 0.25) is 0 Å². The Morgan fingerprint density at radius 3 is 2.62 bits per heavy atom. The molecule has 0 aliphatic heterocycles. The van der Waals surface area contributed by atoms with Crippen molar-refractivity contribution in [2.24, 2.45) is 5.73 Å². The van der Waals surface area contributed by atoms with Gasteiger partial charge in [0, 0.05) is 17.8 Å². The number of nitrogens with zero attached hydrogens (tertiary/aromatic N) is 2. The summed E-state index contributed by atoms with van der Waals surface area (Å²) in [5, 5.41) is 0. The summed E-state index contributed by atoms with van der Waals surface area (Å²) >= 11 is 0. The van der Waals surface area contributed by atoms with Gasteiger partial charge in [0.25, 0.3) is 0 Å². The van der Waals surface area contributed by atoms with Crippen LogP contribution >= 0.6 is 0 Å². The standard InChI is InChI=1S/C10H15N3/c1-8-6-13-9(7-12-8)10(2-3-10)4-5-11/h6-7H,2-5,11H2,1H3. The van der Waals surface area contributed by atoms with E-state index in [0.717, 1.165) is 24.4 Å². The Bertz CT molecular complexity index is 288. The van der Waals surface area contributed by atoms with Crippen molar-refractivity contribution in [2.45, 2.75) is 31.6 Å². The molecule has 0 spiro atoms. The van der Waals surface area contributed by atoms with Crippen molar-refractivity contribution in [3.05, 3.63) is 23.8 Å². The van der Waals surface area contributed by atoms with Gasteiger partial charge in [-0.05, 0) is 32.7 Å². The van der Waals surface area contributed by atoms with Crippen molar-refractivity contribution in [1.29, 1.82) is 0 Å². The minimum atomic E-state index is 0.287. The second kappa shape index (κ2) is 3.07. The highest BCUT2D eigenvalue weighted by atomic mass is 14.8. The highest BCUT2D eigenvalue weighted by molar-refractivity contribution is 5.22. The predicted molar refractivity (Wildman–Crippen MR) is 51.4 cm³/mol. The zero-order chi connectivity index (χ0) is 9.31. The lowest BCUT2D eigenvalue weighted by Crippen LogP contribution is -2.15. The molecule has 3 heteroatoms. The molecular weight excluding hydrogens is 162 g/mol. The Kier molecular flexibility index (Phi) is 2.04. The van der Waals surface area contributed by atoms with E-state index in [0.29, 0.717) is 0 Å². The Morgan fingerprint density at radius 2 is 2.15 bits per heavy atom. The van der Waals surface area contributed by atoms with Crippen molar-refractivity contribution in [2.75, 3.05) is 6.54 Å². The summed E-state index contributed by atoms with van der Waals surface area (Å²) in [6.07, 6.45) is 7.23. The Labute approximate surface area is 78.4 Å². The number of aryl methyl sites for hydroxylation is 1. The molecule has 2 rings (SSSR count). The highest BCUT2D eigenvalue weighted by Crippen LogP contribution is 2.49. The first kappa shape index (κ1) is 8.63. The Morgan fingerprint density at radius 1 is 1.38 bits per heavy atom. The van der Waals surface area contributed by atoms with E-state index in [1.165, 1.54) is 12.8 Å². The second-order valence-electron chi connectivity index (χ2n) is 3.86. The van der Waals surface area contributed by atoms with Crippen LogP contribution in [0.4, 0.5) is 0 Å². The summed E-state index contributed by atoms with van der Waals surface area (Å²) in [6, 6.07) is 0. The lowest BCUT2D eigenvalue weighted by Gasteiger charge is -2.12. The van der Waals surface area contributed by atoms with E-state index in [1.807, 2.05) is 19.3 Å². The molecule has 13 heavy (non-hydrogen) atoms. The lowest BCUT2D eigenvalue weighted by molar-refractivity contribution is 0.606. The molecule has 1 aromatic heterocycles. The van der Waals surface area contributed by atoms with Gasteiger partial charge in [0.05, 0.1) is 11.4 Å². The van der Waals surface area contributed by atoms with E-state index in [9.17, 15) is 0 Å². The number of aromatic nitrogens is 2. The zero-order valence-corrected chi connectivity index (χ0v) is 7.95. The molecule has 1 aliphatic carbocycles. The van der Waals surface area contributed by atoms with Crippen LogP contribution in [0.3, 0.4) is 0 Å². The Hall–Kier alpha value is -0.960. The van der Waals surface area contributed by atoms with Gasteiger partial charge in [-0.3, -0.25) is 9.97 Å². The van der Waals surface area contributed by atoms with Gasteiger partial charge >= 0.3 is 0 Å². The average molecular weight is 177 g/mol. The van der Waals surface area contributed by atoms with Gasteiger partial charge in [0.2, 0.25) is 0 Å². The fourth-order valence-electron chi connectivity index (χ4n) is 1.73. The fourth-order valence-corrected chi connectivity index (χ4v) is 1.73. The van der Waals surface area contributed by atoms with Gasteiger partial charge in [0.1, 0.15) is 0 Å². The first-order chi connectivity index (χ1) is 6.27. The van der Waals surface area contributed by atoms with Crippen molar-refractivity contribution in [3.63, 3.8) is 0 Å². The van der Waals surface area contributed by atoms with Crippen LogP contribution < -0.4 is 5.73 Å². The molecule has 0 amide bonds. The number of rotatable bonds is 3. The van der Waals surface area contributed by atoms with Crippen molar-refractivity contribution >= 4 is 0 Å². The maximum absolute atomic E-state index is 5.57. The van der Waals surface area contributed by atoms with Crippen LogP contribution in [0.5, 0.6) is 0 Å². The largest absolute Gasteiger partial charge is 0.330 e. The molecule has 1 aliphatic rings. The van der Waals surface area contributed by atoms with Crippen molar-refractivity contribution < 1.29 is 0 Å². The maximum Gasteiger partial charge on any atom is 0.0649 e. The van der Waals surface area contributed by atoms with Crippen LogP contribution in [-0.2, 0) is 5.41 Å². The number of hydrogen-bond acceptors (Lipinski definition) is 3. The third-order valence-electron chi connectivity index (χ3n) is 2.80. The average Bonchev–Trinajstić information content (AvgIpc) is 2.87. The minimum Gasteiger partial charge on any atom is -0.330 e. The third kappa shape index (κ3) is 1.56.